The van der Waals surface area contributed by atoms with Gasteiger partial charge in [-0.25, -0.2) is 18.0 Å². The highest BCUT2D eigenvalue weighted by atomic mass is 32.5. The fourth-order valence-corrected chi connectivity index (χ4v) is 4.70. The largest absolute Gasteiger partial charge is 0.442 e. The van der Waals surface area contributed by atoms with Crippen LogP contribution >= 0.6 is 10.2 Å². The lowest BCUT2D eigenvalue weighted by molar-refractivity contribution is -0.131. The molecule has 2 amide bonds. The highest BCUT2D eigenvalue weighted by molar-refractivity contribution is 8.45. The average molecular weight is 574 g/mol. The van der Waals surface area contributed by atoms with Crippen LogP contribution in [0.1, 0.15) is 44.7 Å². The summed E-state index contributed by atoms with van der Waals surface area (Å²) in [4.78, 5) is 27.9. The first kappa shape index (κ1) is 29.2. The topological polar surface area (TPSA) is 71.0 Å². The number of hydrogen-bond acceptors (Lipinski definition) is 3. The number of nitrogens with zero attached hydrogens (tertiary/aromatic N) is 2. The smallest absolute Gasteiger partial charge is 0.437 e. The Bertz CT molecular complexity index is 1320. The van der Waals surface area contributed by atoms with Crippen molar-refractivity contribution in [3.05, 3.63) is 65.0 Å². The van der Waals surface area contributed by atoms with Gasteiger partial charge in [0.2, 0.25) is 11.9 Å². The zero-order valence-corrected chi connectivity index (χ0v) is 21.4. The monoisotopic (exact) mass is 573 g/mol. The Morgan fingerprint density at radius 2 is 1.53 bits per heavy atom. The zero-order chi connectivity index (χ0) is 29.1. The van der Waals surface area contributed by atoms with E-state index in [4.69, 9.17) is 4.74 Å². The molecule has 0 spiro atoms. The molecule has 0 aliphatic carbocycles. The van der Waals surface area contributed by atoms with Crippen molar-refractivity contribution in [2.24, 2.45) is 4.99 Å². The van der Waals surface area contributed by atoms with E-state index >= 15 is 0 Å². The molecule has 210 valence electrons. The highest BCUT2D eigenvalue weighted by Gasteiger charge is 2.65. The summed E-state index contributed by atoms with van der Waals surface area (Å²) >= 11 is 0. The maximum atomic E-state index is 15.0. The van der Waals surface area contributed by atoms with Crippen LogP contribution < -0.4 is 5.32 Å². The lowest BCUT2D eigenvalue weighted by Gasteiger charge is -2.46. The summed E-state index contributed by atoms with van der Waals surface area (Å²) in [6.07, 6.45) is -1.19. The Kier molecular flexibility index (Phi) is 6.39. The Hall–Kier alpha value is -3.36. The van der Waals surface area contributed by atoms with Crippen molar-refractivity contribution in [1.82, 2.24) is 10.2 Å². The number of ether oxygens (including phenoxy) is 1. The van der Waals surface area contributed by atoms with Crippen LogP contribution in [0.5, 0.6) is 0 Å². The molecule has 2 aromatic carbocycles. The fraction of sp³-hybridized carbons (Fsp3) is 0.348. The third-order valence-electron chi connectivity index (χ3n) is 5.62. The van der Waals surface area contributed by atoms with Gasteiger partial charge in [0.05, 0.1) is 11.5 Å². The zero-order valence-electron chi connectivity index (χ0n) is 20.6. The number of aliphatic imine (C=N–C) groups is 1. The van der Waals surface area contributed by atoms with E-state index < -0.39 is 73.2 Å². The number of hydrogen-bond donors (Lipinski definition) is 1. The summed E-state index contributed by atoms with van der Waals surface area (Å²) in [5.74, 6) is -7.58. The molecule has 0 radical (unpaired) electrons. The number of nitrogens with one attached hydrogen (secondary N) is 1. The predicted molar refractivity (Wildman–Crippen MR) is 124 cm³/mol. The highest BCUT2D eigenvalue weighted by Crippen LogP contribution is 3.02. The number of halogens is 8. The van der Waals surface area contributed by atoms with Crippen LogP contribution in [0, 0.1) is 17.5 Å². The summed E-state index contributed by atoms with van der Waals surface area (Å²) < 4.78 is 115. The molecule has 3 rings (SSSR count). The van der Waals surface area contributed by atoms with E-state index in [1.807, 2.05) is 0 Å². The molecule has 2 aromatic rings. The van der Waals surface area contributed by atoms with Crippen molar-refractivity contribution < 1.29 is 46.9 Å². The molecule has 0 bridgehead atoms. The lowest BCUT2D eigenvalue weighted by Crippen LogP contribution is -2.63. The maximum absolute atomic E-state index is 15.0. The molecule has 2 atom stereocenters. The summed E-state index contributed by atoms with van der Waals surface area (Å²) in [7, 11) is -8.97. The second-order valence-corrected chi connectivity index (χ2v) is 12.3. The molecule has 0 saturated carbocycles. The minimum Gasteiger partial charge on any atom is -0.442 e. The first-order valence-corrected chi connectivity index (χ1v) is 12.7. The first-order valence-electron chi connectivity index (χ1n) is 10.8. The minimum atomic E-state index is -10.1. The summed E-state index contributed by atoms with van der Waals surface area (Å²) in [5, 5.41) is 2.54. The number of carbonyl (C=O) groups is 2. The number of rotatable bonds is 3. The van der Waals surface area contributed by atoms with Gasteiger partial charge >= 0.3 is 16.3 Å². The van der Waals surface area contributed by atoms with Gasteiger partial charge in [-0.15, -0.1) is 4.99 Å². The second kappa shape index (κ2) is 8.32. The Morgan fingerprint density at radius 1 is 1.03 bits per heavy atom. The molecule has 1 fully saturated rings. The van der Waals surface area contributed by atoms with Crippen LogP contribution in [0.25, 0.3) is 0 Å². The summed E-state index contributed by atoms with van der Waals surface area (Å²) in [6, 6.07) is 1.86. The van der Waals surface area contributed by atoms with E-state index in [0.717, 1.165) is 18.9 Å². The number of amides is 2. The van der Waals surface area contributed by atoms with E-state index in [2.05, 4.69) is 10.3 Å². The van der Waals surface area contributed by atoms with Crippen molar-refractivity contribution in [2.45, 2.75) is 49.6 Å². The number of likely N-dealkylation sites (N-methyl/N-ethyl adjacent to an activating group) is 1. The molecule has 15 heteroatoms. The molecular weight excluding hydrogens is 550 g/mol. The molecule has 6 nitrogen and oxygen atoms in total. The minimum absolute atomic E-state index is 0.0479. The third-order valence-corrected chi connectivity index (χ3v) is 6.78. The van der Waals surface area contributed by atoms with Crippen molar-refractivity contribution in [1.29, 1.82) is 0 Å². The third kappa shape index (κ3) is 5.87. The average Bonchev–Trinajstić information content (AvgIpc) is 2.68. The number of guanidine groups is 1. The Labute approximate surface area is 212 Å². The van der Waals surface area contributed by atoms with Crippen LogP contribution in [-0.4, -0.2) is 35.5 Å². The van der Waals surface area contributed by atoms with Gasteiger partial charge in [0.15, 0.2) is 0 Å². The van der Waals surface area contributed by atoms with Gasteiger partial charge in [-0.05, 0) is 45.4 Å². The van der Waals surface area contributed by atoms with E-state index in [1.54, 1.807) is 0 Å². The predicted octanol–water partition coefficient (Wildman–Crippen LogP) is 7.11. The molecule has 1 N–H and O–H groups in total. The SMILES string of the molecule is CN1C(=O)[C@@H](c2ccc(S(F)(F)(F)(F)F)cc2)[C@@](C)(c2c(F)cc(F)cc2F)N/C1=N\C(=O)OC(C)(C)C. The molecule has 1 heterocycles. The molecule has 0 unspecified atom stereocenters. The Balaban J connectivity index is 2.23. The van der Waals surface area contributed by atoms with Crippen LogP contribution in [-0.2, 0) is 15.1 Å². The van der Waals surface area contributed by atoms with Crippen LogP contribution in [0.3, 0.4) is 0 Å². The standard InChI is InChI=1S/C23H23F8N3O3S/c1-22(2,3)37-21(36)32-20-33-23(4,18-15(25)10-13(24)11-16(18)26)17(19(35)34(20)5)12-6-8-14(9-7-12)38(27,28,29,30)31/h6-11,17H,1-5H3,(H,32,33,36)/t17-,23+/m1/s1. The van der Waals surface area contributed by atoms with Gasteiger partial charge in [-0.1, -0.05) is 31.6 Å². The van der Waals surface area contributed by atoms with Crippen molar-refractivity contribution >= 4 is 28.2 Å². The fourth-order valence-electron chi connectivity index (χ4n) is 4.05. The quantitative estimate of drug-likeness (QED) is 0.398. The molecule has 1 aliphatic rings. The molecule has 1 saturated heterocycles. The van der Waals surface area contributed by atoms with Crippen LogP contribution in [0.4, 0.5) is 37.4 Å². The lowest BCUT2D eigenvalue weighted by atomic mass is 9.73. The second-order valence-electron chi connectivity index (χ2n) is 9.86. The first-order chi connectivity index (χ1) is 16.9. The van der Waals surface area contributed by atoms with Gasteiger partial charge in [0.1, 0.15) is 27.9 Å². The normalized spacial score (nSPS) is 23.5. The summed E-state index contributed by atoms with van der Waals surface area (Å²) in [5.41, 5.74) is -4.52. The van der Waals surface area contributed by atoms with E-state index in [1.165, 1.54) is 20.8 Å². The number of benzene rings is 2. The van der Waals surface area contributed by atoms with Gasteiger partial charge in [0, 0.05) is 24.7 Å². The summed E-state index contributed by atoms with van der Waals surface area (Å²) in [6.45, 7) is 5.63. The van der Waals surface area contributed by atoms with E-state index in [0.29, 0.717) is 24.3 Å². The molecule has 0 aromatic heterocycles. The van der Waals surface area contributed by atoms with Crippen molar-refractivity contribution in [3.63, 3.8) is 0 Å². The van der Waals surface area contributed by atoms with E-state index in [9.17, 15) is 42.2 Å². The van der Waals surface area contributed by atoms with Crippen molar-refractivity contribution in [2.75, 3.05) is 7.05 Å². The van der Waals surface area contributed by atoms with Crippen molar-refractivity contribution in [3.8, 4) is 0 Å². The Morgan fingerprint density at radius 3 is 1.97 bits per heavy atom. The molecular formula is C23H23F8N3O3S. The van der Waals surface area contributed by atoms with E-state index in [-0.39, 0.29) is 17.7 Å². The maximum Gasteiger partial charge on any atom is 0.437 e. The van der Waals surface area contributed by atoms with Crippen LogP contribution in [0.2, 0.25) is 0 Å². The van der Waals surface area contributed by atoms with Gasteiger partial charge < -0.3 is 10.1 Å². The molecule has 1 aliphatic heterocycles. The number of carbonyl (C=O) groups excluding carboxylic acids is 2. The van der Waals surface area contributed by atoms with Gasteiger partial charge in [0.25, 0.3) is 0 Å². The van der Waals surface area contributed by atoms with Gasteiger partial charge in [-0.3, -0.25) is 9.69 Å². The van der Waals surface area contributed by atoms with Crippen LogP contribution in [0.15, 0.2) is 46.3 Å². The van der Waals surface area contributed by atoms with Gasteiger partial charge in [-0.2, -0.15) is 0 Å². The molecule has 38 heavy (non-hydrogen) atoms.